The van der Waals surface area contributed by atoms with Crippen molar-refractivity contribution in [2.45, 2.75) is 50.6 Å². The van der Waals surface area contributed by atoms with E-state index in [-0.39, 0.29) is 36.2 Å². The SMILES string of the molecule is COc1ccc(Cl)cc1NC(=O)CN1CC[C@@H]2NC(=O)[C@@H](Cc3ccccc3)NC(=O)C3(C/C=C/C[C@@H]2C1)CCOCC3. The van der Waals surface area contributed by atoms with Crippen molar-refractivity contribution in [2.24, 2.45) is 11.3 Å². The zero-order valence-corrected chi connectivity index (χ0v) is 25.4. The molecule has 3 heterocycles. The molecular weight excluding hydrogens is 568 g/mol. The van der Waals surface area contributed by atoms with Crippen LogP contribution in [0, 0.1) is 11.3 Å². The molecule has 9 nitrogen and oxygen atoms in total. The van der Waals surface area contributed by atoms with Gasteiger partial charge in [-0.2, -0.15) is 0 Å². The van der Waals surface area contributed by atoms with E-state index < -0.39 is 11.5 Å². The molecule has 230 valence electrons. The molecule has 0 aliphatic carbocycles. The van der Waals surface area contributed by atoms with E-state index in [0.29, 0.717) is 74.9 Å². The second-order valence-electron chi connectivity index (χ2n) is 11.8. The predicted molar refractivity (Wildman–Crippen MR) is 166 cm³/mol. The van der Waals surface area contributed by atoms with Crippen molar-refractivity contribution in [3.8, 4) is 5.75 Å². The van der Waals surface area contributed by atoms with Gasteiger partial charge in [-0.15, -0.1) is 0 Å². The van der Waals surface area contributed by atoms with Crippen LogP contribution in [0.2, 0.25) is 5.02 Å². The van der Waals surface area contributed by atoms with E-state index in [2.05, 4.69) is 33.0 Å². The highest BCUT2D eigenvalue weighted by Gasteiger charge is 2.41. The molecule has 2 aromatic carbocycles. The van der Waals surface area contributed by atoms with E-state index in [0.717, 1.165) is 12.0 Å². The Morgan fingerprint density at radius 3 is 2.67 bits per heavy atom. The molecule has 5 rings (SSSR count). The lowest BCUT2D eigenvalue weighted by Gasteiger charge is -2.40. The Morgan fingerprint density at radius 2 is 1.91 bits per heavy atom. The van der Waals surface area contributed by atoms with Gasteiger partial charge < -0.3 is 25.4 Å². The Bertz CT molecular complexity index is 1310. The van der Waals surface area contributed by atoms with Gasteiger partial charge in [-0.1, -0.05) is 54.1 Å². The minimum Gasteiger partial charge on any atom is -0.495 e. The van der Waals surface area contributed by atoms with Crippen LogP contribution in [-0.4, -0.2) is 74.7 Å². The molecule has 3 atom stereocenters. The summed E-state index contributed by atoms with van der Waals surface area (Å²) >= 11 is 6.14. The van der Waals surface area contributed by atoms with Crippen LogP contribution in [0.5, 0.6) is 5.75 Å². The fraction of sp³-hybridized carbons (Fsp3) is 0.485. The average molecular weight is 609 g/mol. The Hall–Kier alpha value is -3.40. The topological polar surface area (TPSA) is 109 Å². The number of amides is 3. The second-order valence-corrected chi connectivity index (χ2v) is 12.2. The van der Waals surface area contributed by atoms with Gasteiger partial charge in [0.25, 0.3) is 0 Å². The molecule has 0 unspecified atom stereocenters. The molecule has 3 amide bonds. The molecule has 10 heteroatoms. The molecule has 0 saturated carbocycles. The minimum atomic E-state index is -0.685. The molecular formula is C33H41ClN4O5. The van der Waals surface area contributed by atoms with E-state index in [1.165, 1.54) is 0 Å². The summed E-state index contributed by atoms with van der Waals surface area (Å²) in [6.07, 6.45) is 7.95. The Kier molecular flexibility index (Phi) is 10.4. The van der Waals surface area contributed by atoms with Gasteiger partial charge in [-0.25, -0.2) is 0 Å². The van der Waals surface area contributed by atoms with Gasteiger partial charge in [0.05, 0.1) is 24.8 Å². The standard InChI is InChI=1S/C33H41ClN4O5/c1-42-29-11-10-25(34)20-27(29)35-30(39)22-38-16-12-26-24(21-38)9-5-6-13-33(14-17-43-18-15-33)32(41)37-28(31(40)36-26)19-23-7-3-2-4-8-23/h2-8,10-11,20,24,26,28H,9,12-19,21-22H2,1H3,(H,35,39)(H,36,40)(H,37,41)/b6-5+/t24-,26+,28-/m1/s1. The third-order valence-electron chi connectivity index (χ3n) is 8.90. The van der Waals surface area contributed by atoms with Crippen molar-refractivity contribution in [1.82, 2.24) is 15.5 Å². The Morgan fingerprint density at radius 1 is 1.12 bits per heavy atom. The molecule has 2 aromatic rings. The van der Waals surface area contributed by atoms with Crippen molar-refractivity contribution in [1.29, 1.82) is 0 Å². The Labute approximate surface area is 258 Å². The number of anilines is 1. The molecule has 0 aromatic heterocycles. The molecule has 0 bridgehead atoms. The summed E-state index contributed by atoms with van der Waals surface area (Å²) in [5.74, 6) is 0.256. The van der Waals surface area contributed by atoms with Gasteiger partial charge in [0.1, 0.15) is 11.8 Å². The summed E-state index contributed by atoms with van der Waals surface area (Å²) in [6, 6.07) is 14.1. The van der Waals surface area contributed by atoms with Crippen LogP contribution in [-0.2, 0) is 25.5 Å². The molecule has 1 spiro atoms. The van der Waals surface area contributed by atoms with Crippen LogP contribution in [0.1, 0.15) is 37.7 Å². The molecule has 0 radical (unpaired) electrons. The first-order valence-corrected chi connectivity index (χ1v) is 15.5. The van der Waals surface area contributed by atoms with Crippen LogP contribution in [0.25, 0.3) is 0 Å². The molecule has 3 aliphatic rings. The maximum absolute atomic E-state index is 13.8. The fourth-order valence-electron chi connectivity index (χ4n) is 6.37. The number of hydrogen-bond donors (Lipinski definition) is 3. The van der Waals surface area contributed by atoms with Crippen LogP contribution in [0.4, 0.5) is 5.69 Å². The number of nitrogens with one attached hydrogen (secondary N) is 3. The third-order valence-corrected chi connectivity index (χ3v) is 9.13. The fourth-order valence-corrected chi connectivity index (χ4v) is 6.54. The first-order chi connectivity index (χ1) is 20.8. The van der Waals surface area contributed by atoms with Crippen molar-refractivity contribution >= 4 is 35.0 Å². The third kappa shape index (κ3) is 7.96. The number of carbonyl (C=O) groups is 3. The lowest BCUT2D eigenvalue weighted by Crippen LogP contribution is -2.58. The minimum absolute atomic E-state index is 0.0730. The number of piperidine rings is 1. The summed E-state index contributed by atoms with van der Waals surface area (Å²) in [6.45, 7) is 2.58. The van der Waals surface area contributed by atoms with Gasteiger partial charge in [-0.05, 0) is 61.8 Å². The summed E-state index contributed by atoms with van der Waals surface area (Å²) < 4.78 is 11.0. The van der Waals surface area contributed by atoms with Crippen molar-refractivity contribution < 1.29 is 23.9 Å². The quantitative estimate of drug-likeness (QED) is 0.428. The number of methoxy groups -OCH3 is 1. The molecule has 2 fully saturated rings. The van der Waals surface area contributed by atoms with Crippen LogP contribution in [0.3, 0.4) is 0 Å². The maximum atomic E-state index is 13.8. The summed E-state index contributed by atoms with van der Waals surface area (Å²) in [5.41, 5.74) is 0.926. The van der Waals surface area contributed by atoms with Crippen molar-refractivity contribution in [3.05, 3.63) is 71.3 Å². The number of allylic oxidation sites excluding steroid dienone is 2. The van der Waals surface area contributed by atoms with Gasteiger partial charge >= 0.3 is 0 Å². The number of nitrogens with zero attached hydrogens (tertiary/aromatic N) is 1. The van der Waals surface area contributed by atoms with E-state index in [4.69, 9.17) is 21.1 Å². The number of rotatable bonds is 6. The monoisotopic (exact) mass is 608 g/mol. The zero-order valence-electron chi connectivity index (χ0n) is 24.7. The first kappa shape index (κ1) is 31.0. The van der Waals surface area contributed by atoms with Crippen LogP contribution >= 0.6 is 11.6 Å². The number of carbonyl (C=O) groups excluding carboxylic acids is 3. The second kappa shape index (κ2) is 14.4. The largest absolute Gasteiger partial charge is 0.495 e. The van der Waals surface area contributed by atoms with E-state index in [9.17, 15) is 14.4 Å². The zero-order chi connectivity index (χ0) is 30.2. The highest BCUT2D eigenvalue weighted by atomic mass is 35.5. The average Bonchev–Trinajstić information content (AvgIpc) is 3.00. The van der Waals surface area contributed by atoms with Crippen molar-refractivity contribution in [3.63, 3.8) is 0 Å². The summed E-state index contributed by atoms with van der Waals surface area (Å²) in [5, 5.41) is 9.86. The predicted octanol–water partition coefficient (Wildman–Crippen LogP) is 3.97. The van der Waals surface area contributed by atoms with Gasteiger partial charge in [0, 0.05) is 43.8 Å². The first-order valence-electron chi connectivity index (χ1n) is 15.1. The molecule has 2 saturated heterocycles. The number of ether oxygens (including phenoxy) is 2. The summed E-state index contributed by atoms with van der Waals surface area (Å²) in [7, 11) is 1.55. The highest BCUT2D eigenvalue weighted by Crippen LogP contribution is 2.36. The van der Waals surface area contributed by atoms with Crippen molar-refractivity contribution in [2.75, 3.05) is 45.3 Å². The normalized spacial score (nSPS) is 25.3. The number of benzene rings is 2. The number of halogens is 1. The van der Waals surface area contributed by atoms with E-state index in [1.54, 1.807) is 25.3 Å². The van der Waals surface area contributed by atoms with Gasteiger partial charge in [-0.3, -0.25) is 19.3 Å². The molecule has 3 N–H and O–H groups in total. The number of hydrogen-bond acceptors (Lipinski definition) is 6. The lowest BCUT2D eigenvalue weighted by atomic mass is 9.75. The maximum Gasteiger partial charge on any atom is 0.243 e. The van der Waals surface area contributed by atoms with Crippen LogP contribution in [0.15, 0.2) is 60.7 Å². The number of fused-ring (bicyclic) bond motifs is 1. The number of likely N-dealkylation sites (tertiary alicyclic amines) is 1. The Balaban J connectivity index is 1.31. The van der Waals surface area contributed by atoms with Gasteiger partial charge in [0.15, 0.2) is 0 Å². The highest BCUT2D eigenvalue weighted by molar-refractivity contribution is 6.31. The van der Waals surface area contributed by atoms with Crippen LogP contribution < -0.4 is 20.7 Å². The smallest absolute Gasteiger partial charge is 0.243 e. The van der Waals surface area contributed by atoms with E-state index >= 15 is 0 Å². The molecule has 43 heavy (non-hydrogen) atoms. The summed E-state index contributed by atoms with van der Waals surface area (Å²) in [4.78, 5) is 42.7. The van der Waals surface area contributed by atoms with E-state index in [1.807, 2.05) is 30.3 Å². The lowest BCUT2D eigenvalue weighted by molar-refractivity contribution is -0.140. The molecule has 3 aliphatic heterocycles. The van der Waals surface area contributed by atoms with Gasteiger partial charge in [0.2, 0.25) is 17.7 Å².